The quantitative estimate of drug-likeness (QED) is 0.0295. The van der Waals surface area contributed by atoms with E-state index in [9.17, 15) is 71.7 Å². The molecule has 10 aromatic rings. The third-order valence-electron chi connectivity index (χ3n) is 12.3. The summed E-state index contributed by atoms with van der Waals surface area (Å²) < 4.78 is 234. The molecule has 105 heavy (non-hydrogen) atoms. The number of thiophene rings is 3. The summed E-state index contributed by atoms with van der Waals surface area (Å²) in [6, 6.07) is 44.0. The molecule has 0 aliphatic carbocycles. The van der Waals surface area contributed by atoms with Crippen molar-refractivity contribution < 1.29 is 76.5 Å². The Morgan fingerprint density at radius 2 is 0.695 bits per heavy atom. The van der Waals surface area contributed by atoms with Crippen molar-refractivity contribution in [2.45, 2.75) is 63.9 Å². The lowest BCUT2D eigenvalue weighted by molar-refractivity contribution is 0.402. The zero-order valence-corrected chi connectivity index (χ0v) is 65.8. The predicted octanol–water partition coefficient (Wildman–Crippen LogP) is 17.5. The lowest BCUT2D eigenvalue weighted by Crippen LogP contribution is -2.17. The summed E-state index contributed by atoms with van der Waals surface area (Å²) in [5.74, 6) is -0.441. The third kappa shape index (κ3) is 26.9. The first-order valence-corrected chi connectivity index (χ1v) is 45.1. The van der Waals surface area contributed by atoms with Gasteiger partial charge in [0.1, 0.15) is 33.4 Å². The predicted molar refractivity (Wildman–Crippen MR) is 431 cm³/mol. The fourth-order valence-corrected chi connectivity index (χ4v) is 21.2. The number of hydrogen-bond donors (Lipinski definition) is 8. The molecule has 8 N–H and O–H groups in total. The van der Waals surface area contributed by atoms with Crippen molar-refractivity contribution in [2.24, 2.45) is 0 Å². The molecule has 10 rings (SSSR count). The summed E-state index contributed by atoms with van der Waals surface area (Å²) in [5.41, 5.74) is 1.28. The Kier molecular flexibility index (Phi) is 33.8. The number of benzene rings is 7. The molecule has 0 unspecified atom stereocenters. The van der Waals surface area contributed by atoms with E-state index in [1.165, 1.54) is 116 Å². The normalized spacial score (nSPS) is 11.5. The van der Waals surface area contributed by atoms with Gasteiger partial charge in [0.25, 0.3) is 60.1 Å². The van der Waals surface area contributed by atoms with Crippen molar-refractivity contribution in [3.63, 3.8) is 0 Å². The minimum atomic E-state index is -4.10. The number of halogens is 7. The highest BCUT2D eigenvalue weighted by Crippen LogP contribution is 2.38. The monoisotopic (exact) mass is 1820 g/mol. The van der Waals surface area contributed by atoms with E-state index in [0.29, 0.717) is 23.7 Å². The van der Waals surface area contributed by atoms with Crippen molar-refractivity contribution in [3.05, 3.63) is 227 Å². The molecular formula is C62H67BrCl5FN8O17S11. The maximum absolute atomic E-state index is 13.0. The first-order chi connectivity index (χ1) is 47.0. The highest BCUT2D eigenvalue weighted by Gasteiger charge is 2.27. The van der Waals surface area contributed by atoms with Gasteiger partial charge in [0, 0.05) is 9.50 Å². The second-order valence-corrected chi connectivity index (χ2v) is 41.1. The second kappa shape index (κ2) is 38.4. The minimum Gasteiger partial charge on any atom is -0.495 e. The molecule has 572 valence electrons. The number of anilines is 8. The van der Waals surface area contributed by atoms with E-state index in [4.69, 9.17) is 62.7 Å². The Morgan fingerprint density at radius 1 is 0.362 bits per heavy atom. The fraction of sp³-hybridized carbons (Fsp3) is 0.129. The fourth-order valence-electron chi connectivity index (χ4n) is 7.84. The van der Waals surface area contributed by atoms with Crippen LogP contribution < -0.4 is 42.5 Å². The summed E-state index contributed by atoms with van der Waals surface area (Å²) in [4.78, 5) is -0.242. The van der Waals surface area contributed by atoms with Crippen LogP contribution in [-0.2, 0) is 80.2 Å². The van der Waals surface area contributed by atoms with E-state index in [-0.39, 0.29) is 118 Å². The zero-order chi connectivity index (χ0) is 74.7. The zero-order valence-electron chi connectivity index (χ0n) is 51.5. The Hall–Kier alpha value is -6.70. The van der Waals surface area contributed by atoms with Gasteiger partial charge in [-0.15, -0.1) is 34.0 Å². The van der Waals surface area contributed by atoms with E-state index < -0.39 is 86.0 Å². The van der Waals surface area contributed by atoms with Crippen LogP contribution in [0.2, 0.25) is 23.1 Å². The summed E-state index contributed by atoms with van der Waals surface area (Å²) in [7, 11) is -29.5. The van der Waals surface area contributed by atoms with Gasteiger partial charge in [-0.25, -0.2) is 71.7 Å². The number of para-hydroxylation sites is 8. The SMILES string of the molecule is C.C.C.C.COc1ccc(Br)cc1S(=O)(=O)Nc1ccccc1NS(=O)(=O)c1cc(Cl)c(Cl)s1.CS(=O)(=O)Nc1ccccc1NS(=O)(=O)c1ccc(Cl)s1.Cc1cc(S(=O)(=O)Nc2ccccc2NS(C)(=O)=O)ccc1Cl.O=S(=O)(Nc1ccccc1NS(=O)(=O)c1ccc(Cl)s1)c1ccc(F)cc1. The molecule has 0 saturated carbocycles. The topological polar surface area (TPSA) is 379 Å². The highest BCUT2D eigenvalue weighted by atomic mass is 79.9. The summed E-state index contributed by atoms with van der Waals surface area (Å²) in [6.45, 7) is 1.69. The van der Waals surface area contributed by atoms with E-state index in [2.05, 4.69) is 53.7 Å². The molecule has 0 aliphatic heterocycles. The minimum absolute atomic E-state index is 0. The summed E-state index contributed by atoms with van der Waals surface area (Å²) in [6.07, 6.45) is 1.97. The van der Waals surface area contributed by atoms with Gasteiger partial charge < -0.3 is 4.74 Å². The van der Waals surface area contributed by atoms with Crippen molar-refractivity contribution in [1.82, 2.24) is 0 Å². The van der Waals surface area contributed by atoms with Gasteiger partial charge in [-0.1, -0.05) is 152 Å². The van der Waals surface area contributed by atoms with Crippen molar-refractivity contribution in [3.8, 4) is 5.75 Å². The molecule has 7 aromatic carbocycles. The second-order valence-electron chi connectivity index (χ2n) is 20.0. The van der Waals surface area contributed by atoms with Crippen LogP contribution in [0.5, 0.6) is 5.75 Å². The van der Waals surface area contributed by atoms with Gasteiger partial charge in [0.2, 0.25) is 20.0 Å². The molecule has 0 aliphatic rings. The van der Waals surface area contributed by atoms with Crippen LogP contribution in [0.25, 0.3) is 0 Å². The Morgan fingerprint density at radius 3 is 1.02 bits per heavy atom. The van der Waals surface area contributed by atoms with Crippen molar-refractivity contribution in [2.75, 3.05) is 57.4 Å². The summed E-state index contributed by atoms with van der Waals surface area (Å²) in [5, 5.41) is 0.570. The molecule has 0 spiro atoms. The molecule has 3 heterocycles. The van der Waals surface area contributed by atoms with Gasteiger partial charge in [-0.05, 0) is 152 Å². The third-order valence-corrected chi connectivity index (χ3v) is 28.4. The molecule has 0 bridgehead atoms. The van der Waals surface area contributed by atoms with Crippen molar-refractivity contribution >= 4 is 234 Å². The Labute approximate surface area is 657 Å². The first kappa shape index (κ1) is 92.5. The van der Waals surface area contributed by atoms with Crippen LogP contribution in [0.1, 0.15) is 35.3 Å². The van der Waals surface area contributed by atoms with Crippen LogP contribution in [0.4, 0.5) is 49.9 Å². The maximum Gasteiger partial charge on any atom is 0.271 e. The Balaban J connectivity index is 0.000000362. The molecule has 0 fully saturated rings. The molecule has 0 amide bonds. The number of nitrogens with one attached hydrogen (secondary N) is 8. The number of ether oxygens (including phenoxy) is 1. The molecule has 0 atom stereocenters. The maximum atomic E-state index is 13.0. The number of methoxy groups -OCH3 is 1. The van der Waals surface area contributed by atoms with Gasteiger partial charge in [0.05, 0.1) is 88.6 Å². The van der Waals surface area contributed by atoms with E-state index in [1.54, 1.807) is 61.5 Å². The molecule has 0 saturated heterocycles. The van der Waals surface area contributed by atoms with Crippen molar-refractivity contribution in [1.29, 1.82) is 0 Å². The number of rotatable bonds is 23. The summed E-state index contributed by atoms with van der Waals surface area (Å²) >= 11 is 34.9. The van der Waals surface area contributed by atoms with E-state index >= 15 is 0 Å². The smallest absolute Gasteiger partial charge is 0.271 e. The van der Waals surface area contributed by atoms with E-state index in [0.717, 1.165) is 70.8 Å². The van der Waals surface area contributed by atoms with Gasteiger partial charge in [-0.3, -0.25) is 37.8 Å². The van der Waals surface area contributed by atoms with Crippen LogP contribution in [0.15, 0.2) is 220 Å². The van der Waals surface area contributed by atoms with Gasteiger partial charge in [0.15, 0.2) is 0 Å². The van der Waals surface area contributed by atoms with Crippen LogP contribution >= 0.6 is 108 Å². The van der Waals surface area contributed by atoms with Crippen LogP contribution in [-0.4, -0.2) is 87.0 Å². The van der Waals surface area contributed by atoms with Gasteiger partial charge in [-0.2, -0.15) is 0 Å². The lowest BCUT2D eigenvalue weighted by atomic mass is 10.2. The van der Waals surface area contributed by atoms with Crippen LogP contribution in [0.3, 0.4) is 0 Å². The molecule has 3 aromatic heterocycles. The average molecular weight is 1830 g/mol. The number of aryl methyl sites for hydroxylation is 1. The highest BCUT2D eigenvalue weighted by molar-refractivity contribution is 9.10. The molecular weight excluding hydrogens is 1760 g/mol. The standard InChI is InChI=1S/C17H13BrCl2N2O5S3.C16H12ClFN2O4S3.C14H15ClN2O4S2.C11H11ClN2O4S3.4CH4/c1-27-14-7-6-10(18)8-15(14)29(23,24)21-12-4-2-3-5-13(12)22-30(25,26)16-9-11(19)17(20)28-16;17-15-9-10-16(25-15)27(23,24)20-14-4-2-1-3-13(14)19-26(21,22)12-7-5-11(18)6-8-12;1-10-9-11(7-8-12(10)15)23(20,21)17-14-6-4-3-5-13(14)16-22(2,18)19;1-20(15,16)13-8-4-2-3-5-9(8)14-21(17,18)11-7-6-10(12)19-11;;;;/h2-9,21-22H,1H3;1-10,19-20H;3-9,16-17H,1-2H3;2-7,13-14H,1H3;4*1H4. The lowest BCUT2D eigenvalue weighted by Gasteiger charge is -2.15. The molecule has 25 nitrogen and oxygen atoms in total. The molecule has 43 heteroatoms. The van der Waals surface area contributed by atoms with Gasteiger partial charge >= 0.3 is 0 Å². The number of hydrogen-bond acceptors (Lipinski definition) is 20. The van der Waals surface area contributed by atoms with E-state index in [1.807, 2.05) is 0 Å². The number of sulfonamides is 8. The average Bonchev–Trinajstić information content (AvgIpc) is 1.65. The largest absolute Gasteiger partial charge is 0.495 e. The first-order valence-electron chi connectivity index (χ1n) is 27.3. The Bertz CT molecular complexity index is 5660. The molecule has 0 radical (unpaired) electrons. The van der Waals surface area contributed by atoms with Crippen LogP contribution in [0, 0.1) is 12.7 Å².